The zero-order valence-corrected chi connectivity index (χ0v) is 19.2. The Kier molecular flexibility index (Phi) is 8.45. The summed E-state index contributed by atoms with van der Waals surface area (Å²) in [5.41, 5.74) is -0.787. The number of aliphatic hydroxyl groups is 1. The average Bonchev–Trinajstić information content (AvgIpc) is 3.56. The number of hydrogen-bond acceptors (Lipinski definition) is 7. The molecule has 1 aromatic rings. The molecular weight excluding hydrogens is 436 g/mol. The summed E-state index contributed by atoms with van der Waals surface area (Å²) in [5, 5.41) is 11.9. The highest BCUT2D eigenvalue weighted by atomic mass is 19.1. The Labute approximate surface area is 192 Å². The summed E-state index contributed by atoms with van der Waals surface area (Å²) in [6, 6.07) is 3.29. The predicted octanol–water partition coefficient (Wildman–Crippen LogP) is 2.89. The Bertz CT molecular complexity index is 830. The van der Waals surface area contributed by atoms with E-state index in [-0.39, 0.29) is 69.1 Å². The number of aliphatic hydroxyl groups excluding tert-OH is 1. The van der Waals surface area contributed by atoms with Crippen LogP contribution < -0.4 is 15.0 Å². The van der Waals surface area contributed by atoms with Gasteiger partial charge in [-0.25, -0.2) is 4.39 Å². The highest BCUT2D eigenvalue weighted by molar-refractivity contribution is 6.08. The van der Waals surface area contributed by atoms with Crippen molar-refractivity contribution in [3.05, 3.63) is 12.1 Å². The highest BCUT2D eigenvalue weighted by Crippen LogP contribution is 2.40. The normalized spacial score (nSPS) is 20.2. The first kappa shape index (κ1) is 25.1. The minimum Gasteiger partial charge on any atom is -0.476 e. The van der Waals surface area contributed by atoms with Gasteiger partial charge in [-0.05, 0) is 43.2 Å². The maximum atomic E-state index is 13.4. The number of ether oxygens (including phenoxy) is 2. The molecule has 1 saturated carbocycles. The van der Waals surface area contributed by atoms with E-state index < -0.39 is 30.1 Å². The number of alkyl halides is 2. The number of nitrogens with zero attached hydrogens (tertiary/aromatic N) is 2. The summed E-state index contributed by atoms with van der Waals surface area (Å²) in [4.78, 5) is 32.0. The number of halogens is 2. The lowest BCUT2D eigenvalue weighted by Gasteiger charge is -2.37. The fraction of sp³-hybridized carbons (Fsp3) is 0.696. The third kappa shape index (κ3) is 5.72. The minimum absolute atomic E-state index is 0.0783. The van der Waals surface area contributed by atoms with E-state index in [4.69, 9.17) is 9.47 Å². The van der Waals surface area contributed by atoms with Crippen LogP contribution in [0.25, 0.3) is 0 Å². The van der Waals surface area contributed by atoms with E-state index in [1.165, 1.54) is 0 Å². The lowest BCUT2D eigenvalue weighted by molar-refractivity contribution is -0.160. The lowest BCUT2D eigenvalue weighted by Crippen LogP contribution is -2.48. The molecule has 8 nitrogen and oxygen atoms in total. The molecule has 0 radical (unpaired) electrons. The third-order valence-electron chi connectivity index (χ3n) is 6.54. The van der Waals surface area contributed by atoms with Gasteiger partial charge in [-0.2, -0.15) is 4.98 Å². The van der Waals surface area contributed by atoms with Gasteiger partial charge < -0.3 is 24.8 Å². The Morgan fingerprint density at radius 1 is 1.27 bits per heavy atom. The van der Waals surface area contributed by atoms with Crippen molar-refractivity contribution in [3.63, 3.8) is 0 Å². The molecule has 2 atom stereocenters. The maximum Gasteiger partial charge on any atom is 0.321 e. The molecule has 2 heterocycles. The SMILES string of the molecule is CCC(CC)(C(=O)Nc1ccc(N2CC(F)C2)c(OC[C@H]2C[C@@H]2CO)n1)C(=O)OCCCF. The number of hydrogen-bond donors (Lipinski definition) is 2. The molecule has 1 amide bonds. The number of carbonyl (C=O) groups is 2. The Morgan fingerprint density at radius 3 is 2.58 bits per heavy atom. The summed E-state index contributed by atoms with van der Waals surface area (Å²) in [6.07, 6.45) is 0.466. The second-order valence-corrected chi connectivity index (χ2v) is 8.69. The minimum atomic E-state index is -1.42. The molecule has 184 valence electrons. The van der Waals surface area contributed by atoms with Crippen LogP contribution in [0.4, 0.5) is 20.3 Å². The second-order valence-electron chi connectivity index (χ2n) is 8.69. The topological polar surface area (TPSA) is 101 Å². The van der Waals surface area contributed by atoms with E-state index in [1.807, 2.05) is 0 Å². The van der Waals surface area contributed by atoms with Crippen LogP contribution in [0, 0.1) is 17.3 Å². The van der Waals surface area contributed by atoms with E-state index in [0.717, 1.165) is 6.42 Å². The van der Waals surface area contributed by atoms with Crippen molar-refractivity contribution in [2.24, 2.45) is 17.3 Å². The van der Waals surface area contributed by atoms with Crippen LogP contribution in [0.15, 0.2) is 12.1 Å². The molecule has 1 aliphatic heterocycles. The highest BCUT2D eigenvalue weighted by Gasteiger charge is 2.44. The van der Waals surface area contributed by atoms with Gasteiger partial charge in [0.25, 0.3) is 0 Å². The number of nitrogens with one attached hydrogen (secondary N) is 1. The molecule has 1 saturated heterocycles. The van der Waals surface area contributed by atoms with Crippen LogP contribution in [0.3, 0.4) is 0 Å². The van der Waals surface area contributed by atoms with Crippen molar-refractivity contribution >= 4 is 23.4 Å². The first-order chi connectivity index (χ1) is 15.9. The molecule has 2 fully saturated rings. The molecule has 0 spiro atoms. The fourth-order valence-corrected chi connectivity index (χ4v) is 3.94. The van der Waals surface area contributed by atoms with Crippen molar-refractivity contribution < 1.29 is 33.0 Å². The molecule has 3 rings (SSSR count). The van der Waals surface area contributed by atoms with Gasteiger partial charge in [0.2, 0.25) is 11.8 Å². The third-order valence-corrected chi connectivity index (χ3v) is 6.54. The van der Waals surface area contributed by atoms with Gasteiger partial charge >= 0.3 is 5.97 Å². The predicted molar refractivity (Wildman–Crippen MR) is 119 cm³/mol. The maximum absolute atomic E-state index is 13.4. The zero-order chi connectivity index (χ0) is 24.0. The summed E-state index contributed by atoms with van der Waals surface area (Å²) in [6.45, 7) is 3.70. The molecule has 10 heteroatoms. The van der Waals surface area contributed by atoms with Gasteiger partial charge in [-0.3, -0.25) is 14.0 Å². The van der Waals surface area contributed by atoms with E-state index in [9.17, 15) is 23.5 Å². The average molecular weight is 470 g/mol. The molecular formula is C23H33F2N3O5. The molecule has 0 bridgehead atoms. The molecule has 2 aliphatic rings. The number of amides is 1. The van der Waals surface area contributed by atoms with Crippen LogP contribution in [-0.2, 0) is 14.3 Å². The van der Waals surface area contributed by atoms with Crippen molar-refractivity contribution in [2.45, 2.75) is 45.7 Å². The summed E-state index contributed by atoms with van der Waals surface area (Å²) < 4.78 is 36.8. The molecule has 2 N–H and O–H groups in total. The van der Waals surface area contributed by atoms with Gasteiger partial charge in [-0.15, -0.1) is 0 Å². The number of carbonyl (C=O) groups excluding carboxylic acids is 2. The smallest absolute Gasteiger partial charge is 0.321 e. The van der Waals surface area contributed by atoms with E-state index in [0.29, 0.717) is 12.3 Å². The van der Waals surface area contributed by atoms with Crippen molar-refractivity contribution in [1.82, 2.24) is 4.98 Å². The molecule has 33 heavy (non-hydrogen) atoms. The van der Waals surface area contributed by atoms with Crippen molar-refractivity contribution in [1.29, 1.82) is 0 Å². The van der Waals surface area contributed by atoms with Gasteiger partial charge in [0, 0.05) is 13.0 Å². The Balaban J connectivity index is 1.74. The monoisotopic (exact) mass is 469 g/mol. The van der Waals surface area contributed by atoms with Gasteiger partial charge in [-0.1, -0.05) is 13.8 Å². The molecule has 1 aliphatic carbocycles. The molecule has 0 aromatic carbocycles. The standard InChI is InChI=1S/C23H33F2N3O5/c1-3-23(4-2,22(31)32-9-5-8-24)21(30)27-19-7-6-18(28-11-17(25)12-28)20(26-19)33-14-16-10-15(16)13-29/h6-7,15-17,29H,3-5,8-14H2,1-2H3,(H,26,27,30)/t15-,16-/m1/s1. The van der Waals surface area contributed by atoms with Crippen LogP contribution in [-0.4, -0.2) is 67.7 Å². The first-order valence-electron chi connectivity index (χ1n) is 11.6. The fourth-order valence-electron chi connectivity index (χ4n) is 3.94. The first-order valence-corrected chi connectivity index (χ1v) is 11.6. The van der Waals surface area contributed by atoms with Crippen molar-refractivity contribution in [3.8, 4) is 5.88 Å². The van der Waals surface area contributed by atoms with Gasteiger partial charge in [0.1, 0.15) is 23.1 Å². The lowest BCUT2D eigenvalue weighted by atomic mass is 9.81. The second kappa shape index (κ2) is 11.1. The van der Waals surface area contributed by atoms with Crippen LogP contribution >= 0.6 is 0 Å². The van der Waals surface area contributed by atoms with Gasteiger partial charge in [0.15, 0.2) is 0 Å². The van der Waals surface area contributed by atoms with Gasteiger partial charge in [0.05, 0.1) is 33.0 Å². The summed E-state index contributed by atoms with van der Waals surface area (Å²) >= 11 is 0. The number of anilines is 2. The van der Waals surface area contributed by atoms with E-state index in [2.05, 4.69) is 10.3 Å². The van der Waals surface area contributed by atoms with E-state index in [1.54, 1.807) is 30.9 Å². The summed E-state index contributed by atoms with van der Waals surface area (Å²) in [5.74, 6) is -0.321. The Morgan fingerprint density at radius 2 is 2.00 bits per heavy atom. The van der Waals surface area contributed by atoms with Crippen LogP contribution in [0.2, 0.25) is 0 Å². The quantitative estimate of drug-likeness (QED) is 0.260. The van der Waals surface area contributed by atoms with Crippen LogP contribution in [0.5, 0.6) is 5.88 Å². The van der Waals surface area contributed by atoms with Crippen molar-refractivity contribution in [2.75, 3.05) is 49.8 Å². The molecule has 0 unspecified atom stereocenters. The number of esters is 1. The number of rotatable bonds is 13. The molecule has 1 aromatic heterocycles. The number of aromatic nitrogens is 1. The Hall–Kier alpha value is -2.49. The van der Waals surface area contributed by atoms with Crippen LogP contribution in [0.1, 0.15) is 39.5 Å². The largest absolute Gasteiger partial charge is 0.476 e. The van der Waals surface area contributed by atoms with E-state index >= 15 is 0 Å². The number of pyridine rings is 1. The summed E-state index contributed by atoms with van der Waals surface area (Å²) in [7, 11) is 0. The zero-order valence-electron chi connectivity index (χ0n) is 19.2.